The molecule has 0 aliphatic heterocycles. The number of hydrogen-bond acceptors (Lipinski definition) is 1. The summed E-state index contributed by atoms with van der Waals surface area (Å²) < 4.78 is 0. The minimum atomic E-state index is 0.940. The Balaban J connectivity index is 2.27. The van der Waals surface area contributed by atoms with Gasteiger partial charge < -0.3 is 9.97 Å². The maximum Gasteiger partial charge on any atom is 0.103 e. The van der Waals surface area contributed by atoms with Crippen molar-refractivity contribution in [1.82, 2.24) is 15.0 Å². The summed E-state index contributed by atoms with van der Waals surface area (Å²) in [5, 5.41) is 1.22. The third-order valence-electron chi connectivity index (χ3n) is 2.58. The Morgan fingerprint density at radius 3 is 2.87 bits per heavy atom. The third kappa shape index (κ3) is 1.24. The van der Waals surface area contributed by atoms with Crippen molar-refractivity contribution < 1.29 is 0 Å². The van der Waals surface area contributed by atoms with Gasteiger partial charge in [-0.2, -0.15) is 0 Å². The number of imidazole rings is 1. The van der Waals surface area contributed by atoms with E-state index in [1.807, 2.05) is 31.5 Å². The Bertz CT molecular complexity index is 604. The summed E-state index contributed by atoms with van der Waals surface area (Å²) in [5.74, 6) is 0.940. The normalized spacial score (nSPS) is 11.0. The molecule has 0 radical (unpaired) electrons. The lowest BCUT2D eigenvalue weighted by atomic mass is 10.1. The van der Waals surface area contributed by atoms with Crippen LogP contribution in [0.15, 0.2) is 36.7 Å². The average Bonchev–Trinajstić information content (AvgIpc) is 2.83. The van der Waals surface area contributed by atoms with Gasteiger partial charge in [0.1, 0.15) is 5.82 Å². The first-order valence-corrected chi connectivity index (χ1v) is 4.93. The van der Waals surface area contributed by atoms with E-state index in [1.165, 1.54) is 10.9 Å². The van der Waals surface area contributed by atoms with Crippen LogP contribution >= 0.6 is 0 Å². The maximum atomic E-state index is 4.21. The molecule has 0 aliphatic carbocycles. The molecule has 0 atom stereocenters. The molecule has 0 saturated heterocycles. The minimum absolute atomic E-state index is 0.940. The topological polar surface area (TPSA) is 44.5 Å². The van der Waals surface area contributed by atoms with Crippen molar-refractivity contribution in [1.29, 1.82) is 0 Å². The summed E-state index contributed by atoms with van der Waals surface area (Å²) >= 11 is 0. The van der Waals surface area contributed by atoms with Crippen molar-refractivity contribution in [2.75, 3.05) is 0 Å². The molecule has 0 aliphatic rings. The van der Waals surface area contributed by atoms with E-state index >= 15 is 0 Å². The fraction of sp³-hybridized carbons (Fsp3) is 0.0833. The lowest BCUT2D eigenvalue weighted by molar-refractivity contribution is 1.15. The summed E-state index contributed by atoms with van der Waals surface area (Å²) in [6, 6.07) is 8.25. The predicted octanol–water partition coefficient (Wildman–Crippen LogP) is 2.87. The highest BCUT2D eigenvalue weighted by atomic mass is 14.9. The second-order valence-corrected chi connectivity index (χ2v) is 3.63. The highest BCUT2D eigenvalue weighted by Gasteiger charge is 2.06. The first-order valence-electron chi connectivity index (χ1n) is 4.93. The van der Waals surface area contributed by atoms with Crippen LogP contribution in [0.1, 0.15) is 5.82 Å². The molecule has 0 spiro atoms. The Hall–Kier alpha value is -2.03. The number of rotatable bonds is 1. The number of nitrogens with one attached hydrogen (secondary N) is 2. The highest BCUT2D eigenvalue weighted by Crippen LogP contribution is 2.26. The molecule has 3 aromatic rings. The molecule has 2 N–H and O–H groups in total. The van der Waals surface area contributed by atoms with Gasteiger partial charge in [-0.25, -0.2) is 4.98 Å². The lowest BCUT2D eigenvalue weighted by Gasteiger charge is -1.93. The molecule has 0 amide bonds. The van der Waals surface area contributed by atoms with Gasteiger partial charge in [0.25, 0.3) is 0 Å². The first kappa shape index (κ1) is 8.29. The van der Waals surface area contributed by atoms with E-state index in [9.17, 15) is 0 Å². The maximum absolute atomic E-state index is 4.21. The van der Waals surface area contributed by atoms with Crippen LogP contribution < -0.4 is 0 Å². The zero-order valence-electron chi connectivity index (χ0n) is 8.41. The number of para-hydroxylation sites is 1. The van der Waals surface area contributed by atoms with Crippen LogP contribution in [0.3, 0.4) is 0 Å². The van der Waals surface area contributed by atoms with Crippen molar-refractivity contribution >= 4 is 10.9 Å². The Morgan fingerprint density at radius 2 is 2.07 bits per heavy atom. The van der Waals surface area contributed by atoms with Gasteiger partial charge in [-0.05, 0) is 13.0 Å². The first-order chi connectivity index (χ1) is 7.34. The summed E-state index contributed by atoms with van der Waals surface area (Å²) in [7, 11) is 0. The lowest BCUT2D eigenvalue weighted by Crippen LogP contribution is -1.75. The van der Waals surface area contributed by atoms with Crippen molar-refractivity contribution in [2.45, 2.75) is 6.92 Å². The molecule has 3 heteroatoms. The van der Waals surface area contributed by atoms with Crippen LogP contribution in [0.4, 0.5) is 0 Å². The van der Waals surface area contributed by atoms with Crippen molar-refractivity contribution in [3.05, 3.63) is 42.5 Å². The fourth-order valence-electron chi connectivity index (χ4n) is 1.85. The number of aromatic nitrogens is 3. The monoisotopic (exact) mass is 197 g/mol. The number of hydrogen-bond donors (Lipinski definition) is 2. The van der Waals surface area contributed by atoms with Gasteiger partial charge in [-0.15, -0.1) is 0 Å². The Labute approximate surface area is 87.2 Å². The van der Waals surface area contributed by atoms with E-state index in [-0.39, 0.29) is 0 Å². The van der Waals surface area contributed by atoms with E-state index in [0.717, 1.165) is 17.0 Å². The van der Waals surface area contributed by atoms with Gasteiger partial charge in [0.2, 0.25) is 0 Å². The Morgan fingerprint density at radius 1 is 1.20 bits per heavy atom. The van der Waals surface area contributed by atoms with Gasteiger partial charge in [0.05, 0.1) is 11.9 Å². The van der Waals surface area contributed by atoms with E-state index in [4.69, 9.17) is 0 Å². The van der Waals surface area contributed by atoms with E-state index < -0.39 is 0 Å². The molecule has 3 nitrogen and oxygen atoms in total. The standard InChI is InChI=1S/C12H11N3/c1-8-13-7-12(15-8)10-6-14-11-5-3-2-4-9(10)11/h2-7,14H,1H3,(H,13,15). The van der Waals surface area contributed by atoms with E-state index in [0.29, 0.717) is 0 Å². The van der Waals surface area contributed by atoms with E-state index in [1.54, 1.807) is 0 Å². The molecule has 3 rings (SSSR count). The predicted molar refractivity (Wildman–Crippen MR) is 60.6 cm³/mol. The molecule has 0 saturated carbocycles. The fourth-order valence-corrected chi connectivity index (χ4v) is 1.85. The van der Waals surface area contributed by atoms with Gasteiger partial charge in [-0.3, -0.25) is 0 Å². The van der Waals surface area contributed by atoms with Gasteiger partial charge in [0, 0.05) is 22.7 Å². The van der Waals surface area contributed by atoms with Gasteiger partial charge >= 0.3 is 0 Å². The molecule has 2 heterocycles. The molecule has 0 fully saturated rings. The number of fused-ring (bicyclic) bond motifs is 1. The zero-order valence-corrected chi connectivity index (χ0v) is 8.41. The molecule has 2 aromatic heterocycles. The Kier molecular flexibility index (Phi) is 1.65. The SMILES string of the molecule is Cc1ncc(-c2c[nH]c3ccccc23)[nH]1. The van der Waals surface area contributed by atoms with Crippen LogP contribution in [-0.2, 0) is 0 Å². The second kappa shape index (κ2) is 2.98. The van der Waals surface area contributed by atoms with Crippen LogP contribution in [0.2, 0.25) is 0 Å². The van der Waals surface area contributed by atoms with Crippen LogP contribution in [0.25, 0.3) is 22.2 Å². The summed E-state index contributed by atoms with van der Waals surface area (Å²) in [5.41, 5.74) is 3.39. The minimum Gasteiger partial charge on any atom is -0.360 e. The number of aryl methyl sites for hydroxylation is 1. The van der Waals surface area contributed by atoms with Crippen LogP contribution in [0, 0.1) is 6.92 Å². The highest BCUT2D eigenvalue weighted by molar-refractivity contribution is 5.94. The quantitative estimate of drug-likeness (QED) is 0.619. The van der Waals surface area contributed by atoms with Gasteiger partial charge in [-0.1, -0.05) is 18.2 Å². The molecule has 0 bridgehead atoms. The van der Waals surface area contributed by atoms with Crippen molar-refractivity contribution in [2.24, 2.45) is 0 Å². The molecule has 1 aromatic carbocycles. The largest absolute Gasteiger partial charge is 0.360 e. The average molecular weight is 197 g/mol. The number of nitrogens with zero attached hydrogens (tertiary/aromatic N) is 1. The molecular weight excluding hydrogens is 186 g/mol. The van der Waals surface area contributed by atoms with Crippen molar-refractivity contribution in [3.8, 4) is 11.3 Å². The number of aromatic amines is 2. The zero-order chi connectivity index (χ0) is 10.3. The number of H-pyrrole nitrogens is 2. The molecular formula is C12H11N3. The molecule has 0 unspecified atom stereocenters. The number of benzene rings is 1. The summed E-state index contributed by atoms with van der Waals surface area (Å²) in [6.45, 7) is 1.96. The molecule has 74 valence electrons. The summed E-state index contributed by atoms with van der Waals surface area (Å²) in [6.07, 6.45) is 3.88. The van der Waals surface area contributed by atoms with E-state index in [2.05, 4.69) is 27.1 Å². The van der Waals surface area contributed by atoms with Crippen LogP contribution in [0.5, 0.6) is 0 Å². The molecule has 15 heavy (non-hydrogen) atoms. The third-order valence-corrected chi connectivity index (χ3v) is 2.58. The van der Waals surface area contributed by atoms with Gasteiger partial charge in [0.15, 0.2) is 0 Å². The second-order valence-electron chi connectivity index (χ2n) is 3.63. The smallest absolute Gasteiger partial charge is 0.103 e. The van der Waals surface area contributed by atoms with Crippen molar-refractivity contribution in [3.63, 3.8) is 0 Å². The van der Waals surface area contributed by atoms with Crippen LogP contribution in [-0.4, -0.2) is 15.0 Å². The summed E-state index contributed by atoms with van der Waals surface area (Å²) in [4.78, 5) is 10.7.